The van der Waals surface area contributed by atoms with Crippen LogP contribution < -0.4 is 16.4 Å². The van der Waals surface area contributed by atoms with E-state index in [9.17, 15) is 22.8 Å². The van der Waals surface area contributed by atoms with Crippen LogP contribution in [0.2, 0.25) is 0 Å². The summed E-state index contributed by atoms with van der Waals surface area (Å²) in [6.45, 7) is 9.20. The lowest BCUT2D eigenvalue weighted by atomic mass is 10.1. The van der Waals surface area contributed by atoms with Gasteiger partial charge in [-0.15, -0.1) is 0 Å². The molecule has 0 saturated carbocycles. The molecule has 11 heteroatoms. The molecule has 1 atom stereocenters. The zero-order valence-corrected chi connectivity index (χ0v) is 24.5. The molecule has 39 heavy (non-hydrogen) atoms. The number of carbonyl (C=O) groups excluding carboxylic acids is 1. The van der Waals surface area contributed by atoms with Gasteiger partial charge in [0, 0.05) is 6.42 Å². The van der Waals surface area contributed by atoms with Crippen LogP contribution in [0.4, 0.5) is 13.2 Å². The molecule has 8 nitrogen and oxygen atoms in total. The maximum Gasteiger partial charge on any atom is 0.490 e. The lowest BCUT2D eigenvalue weighted by molar-refractivity contribution is -0.192. The molecule has 0 rings (SSSR count). The highest BCUT2D eigenvalue weighted by Gasteiger charge is 2.38. The largest absolute Gasteiger partial charge is 0.490 e. The second-order valence-corrected chi connectivity index (χ2v) is 9.61. The van der Waals surface area contributed by atoms with Crippen molar-refractivity contribution in [3.8, 4) is 0 Å². The maximum absolute atomic E-state index is 11.1. The van der Waals surface area contributed by atoms with Gasteiger partial charge in [0.25, 0.3) is 0 Å². The van der Waals surface area contributed by atoms with E-state index in [1.54, 1.807) is 0 Å². The fourth-order valence-electron chi connectivity index (χ4n) is 3.53. The molecule has 0 heterocycles. The van der Waals surface area contributed by atoms with E-state index < -0.39 is 18.1 Å². The molecule has 0 aliphatic rings. The molecule has 0 radical (unpaired) electrons. The smallest absolute Gasteiger partial charge is 0.481 e. The van der Waals surface area contributed by atoms with Crippen molar-refractivity contribution in [3.63, 3.8) is 0 Å². The molecule has 1 unspecified atom stereocenters. The van der Waals surface area contributed by atoms with Crippen molar-refractivity contribution in [2.45, 2.75) is 142 Å². The minimum Gasteiger partial charge on any atom is -0.481 e. The number of halogens is 3. The van der Waals surface area contributed by atoms with Gasteiger partial charge in [-0.1, -0.05) is 91.4 Å². The van der Waals surface area contributed by atoms with Crippen molar-refractivity contribution in [1.29, 1.82) is 0 Å². The van der Waals surface area contributed by atoms with E-state index in [4.69, 9.17) is 20.7 Å². The van der Waals surface area contributed by atoms with Gasteiger partial charge in [0.15, 0.2) is 0 Å². The highest BCUT2D eigenvalue weighted by molar-refractivity contribution is 5.79. The van der Waals surface area contributed by atoms with Crippen molar-refractivity contribution < 1.29 is 37.8 Å². The van der Waals surface area contributed by atoms with Crippen molar-refractivity contribution >= 4 is 17.8 Å². The second kappa shape index (κ2) is 30.7. The van der Waals surface area contributed by atoms with Gasteiger partial charge in [0.2, 0.25) is 5.91 Å². The summed E-state index contributed by atoms with van der Waals surface area (Å²) in [6.07, 6.45) is 15.8. The van der Waals surface area contributed by atoms with Crippen LogP contribution in [0.3, 0.4) is 0 Å². The van der Waals surface area contributed by atoms with Crippen LogP contribution in [-0.2, 0) is 14.4 Å². The van der Waals surface area contributed by atoms with Gasteiger partial charge >= 0.3 is 18.1 Å². The van der Waals surface area contributed by atoms with Crippen LogP contribution in [0.15, 0.2) is 0 Å². The summed E-state index contributed by atoms with van der Waals surface area (Å²) in [4.78, 5) is 29.6. The van der Waals surface area contributed by atoms with Gasteiger partial charge in [-0.05, 0) is 51.7 Å². The van der Waals surface area contributed by atoms with Crippen LogP contribution >= 0.6 is 0 Å². The predicted octanol–water partition coefficient (Wildman–Crippen LogP) is 6.42. The van der Waals surface area contributed by atoms with Crippen molar-refractivity contribution in [1.82, 2.24) is 10.6 Å². The first-order chi connectivity index (χ1) is 18.4. The topological polar surface area (TPSA) is 142 Å². The highest BCUT2D eigenvalue weighted by atomic mass is 19.4. The number of hydrogen-bond acceptors (Lipinski definition) is 5. The molecule has 234 valence electrons. The summed E-state index contributed by atoms with van der Waals surface area (Å²) in [5.41, 5.74) is 5.31. The van der Waals surface area contributed by atoms with Gasteiger partial charge in [-0.2, -0.15) is 13.2 Å². The second-order valence-electron chi connectivity index (χ2n) is 9.61. The van der Waals surface area contributed by atoms with Gasteiger partial charge in [-0.25, -0.2) is 4.79 Å². The average Bonchev–Trinajstić information content (AvgIpc) is 2.85. The normalized spacial score (nSPS) is 11.5. The molecule has 0 spiro atoms. The van der Waals surface area contributed by atoms with Gasteiger partial charge in [0.1, 0.15) is 0 Å². The van der Waals surface area contributed by atoms with Crippen LogP contribution in [0.25, 0.3) is 0 Å². The van der Waals surface area contributed by atoms with Crippen molar-refractivity contribution in [3.05, 3.63) is 0 Å². The quantitative estimate of drug-likeness (QED) is 0.0892. The van der Waals surface area contributed by atoms with E-state index in [0.29, 0.717) is 6.42 Å². The number of alkyl halides is 3. The Balaban J connectivity index is -0.000000814. The summed E-state index contributed by atoms with van der Waals surface area (Å²) >= 11 is 0. The zero-order valence-electron chi connectivity index (χ0n) is 24.5. The number of aliphatic carboxylic acids is 2. The Labute approximate surface area is 234 Å². The molecule has 0 bridgehead atoms. The summed E-state index contributed by atoms with van der Waals surface area (Å²) in [5.74, 6) is -3.71. The third kappa shape index (κ3) is 38.3. The van der Waals surface area contributed by atoms with Crippen LogP contribution in [0, 0.1) is 0 Å². The molecule has 0 aromatic heterocycles. The average molecular weight is 572 g/mol. The monoisotopic (exact) mass is 571 g/mol. The summed E-state index contributed by atoms with van der Waals surface area (Å²) < 4.78 is 31.7. The summed E-state index contributed by atoms with van der Waals surface area (Å²) in [5, 5.41) is 21.8. The van der Waals surface area contributed by atoms with E-state index in [1.165, 1.54) is 77.0 Å². The van der Waals surface area contributed by atoms with Crippen LogP contribution in [0.5, 0.6) is 0 Å². The number of unbranched alkanes of at least 4 members (excludes halogenated alkanes) is 12. The molecule has 6 N–H and O–H groups in total. The van der Waals surface area contributed by atoms with Crippen molar-refractivity contribution in [2.24, 2.45) is 5.73 Å². The van der Waals surface area contributed by atoms with E-state index in [0.717, 1.165) is 45.3 Å². The van der Waals surface area contributed by atoms with E-state index in [-0.39, 0.29) is 11.9 Å². The first kappa shape index (κ1) is 41.6. The van der Waals surface area contributed by atoms with Gasteiger partial charge < -0.3 is 26.6 Å². The fraction of sp³-hybridized carbons (Fsp3) is 0.893. The van der Waals surface area contributed by atoms with E-state index >= 15 is 0 Å². The molecule has 0 aliphatic heterocycles. The van der Waals surface area contributed by atoms with Crippen LogP contribution in [-0.4, -0.2) is 59.9 Å². The molecule has 0 aliphatic carbocycles. The Morgan fingerprint density at radius 2 is 1.08 bits per heavy atom. The van der Waals surface area contributed by atoms with E-state index in [1.807, 2.05) is 13.8 Å². The SMILES string of the molecule is CCCC(=O)O.CCCCCCCCCCCCCCNCCCCNC(CC)C(N)=O.O=C(O)C(F)(F)F. The third-order valence-corrected chi connectivity index (χ3v) is 5.84. The summed E-state index contributed by atoms with van der Waals surface area (Å²) in [6, 6.07) is -0.163. The number of carboxylic acids is 2. The Bertz CT molecular complexity index is 579. The molecule has 0 saturated heterocycles. The zero-order chi connectivity index (χ0) is 30.4. The maximum atomic E-state index is 11.1. The number of nitrogens with two attached hydrogens (primary N) is 1. The number of carboxylic acid groups (broad SMARTS) is 2. The summed E-state index contributed by atoms with van der Waals surface area (Å²) in [7, 11) is 0. The molecule has 0 aromatic carbocycles. The Kier molecular flexibility index (Phi) is 32.7. The molecule has 0 fully saturated rings. The van der Waals surface area contributed by atoms with Gasteiger partial charge in [0.05, 0.1) is 6.04 Å². The first-order valence-electron chi connectivity index (χ1n) is 14.7. The number of hydrogen-bond donors (Lipinski definition) is 5. The Morgan fingerprint density at radius 1 is 0.692 bits per heavy atom. The third-order valence-electron chi connectivity index (χ3n) is 5.84. The number of amides is 1. The van der Waals surface area contributed by atoms with Crippen LogP contribution in [0.1, 0.15) is 130 Å². The Hall–Kier alpha value is -1.88. The standard InChI is InChI=1S/C22H47N3O.C4H8O2.C2HF3O2/c1-3-5-6-7-8-9-10-11-12-13-14-15-18-24-19-16-17-20-25-21(4-2)22(23)26;1-2-3-4(5)6;3-2(4,5)1(6)7/h21,24-25H,3-20H2,1-2H3,(H2,23,26);2-3H2,1H3,(H,5,6);(H,6,7). The number of rotatable bonds is 23. The fourth-order valence-corrected chi connectivity index (χ4v) is 3.53. The number of nitrogens with one attached hydrogen (secondary N) is 2. The number of carbonyl (C=O) groups is 3. The van der Waals surface area contributed by atoms with E-state index in [2.05, 4.69) is 17.6 Å². The highest BCUT2D eigenvalue weighted by Crippen LogP contribution is 2.13. The Morgan fingerprint density at radius 3 is 1.38 bits per heavy atom. The predicted molar refractivity (Wildman–Crippen MR) is 151 cm³/mol. The lowest BCUT2D eigenvalue weighted by Crippen LogP contribution is -2.41. The first-order valence-corrected chi connectivity index (χ1v) is 14.7. The van der Waals surface area contributed by atoms with Gasteiger partial charge in [-0.3, -0.25) is 9.59 Å². The lowest BCUT2D eigenvalue weighted by Gasteiger charge is -2.12. The molecular weight excluding hydrogens is 515 g/mol. The molecule has 0 aromatic rings. The van der Waals surface area contributed by atoms with Crippen molar-refractivity contribution in [2.75, 3.05) is 19.6 Å². The molecule has 1 amide bonds. The minimum atomic E-state index is -5.08. The number of primary amides is 1. The molecular formula is C28H56F3N3O5. The minimum absolute atomic E-state index is 0.163.